The van der Waals surface area contributed by atoms with E-state index in [-0.39, 0.29) is 32.7 Å². The van der Waals surface area contributed by atoms with E-state index in [1.807, 2.05) is 4.90 Å². The van der Waals surface area contributed by atoms with Crippen molar-refractivity contribution in [2.24, 2.45) is 0 Å². The van der Waals surface area contributed by atoms with E-state index < -0.39 is 30.2 Å². The Morgan fingerprint density at radius 1 is 0.860 bits per heavy atom. The van der Waals surface area contributed by atoms with Crippen molar-refractivity contribution < 1.29 is 38.1 Å². The van der Waals surface area contributed by atoms with Gasteiger partial charge in [0.2, 0.25) is 0 Å². The first-order valence-electron chi connectivity index (χ1n) is 13.3. The first-order valence-corrected chi connectivity index (χ1v) is 14.4. The van der Waals surface area contributed by atoms with E-state index in [9.17, 15) is 19.2 Å². The number of anilines is 2. The van der Waals surface area contributed by atoms with Crippen molar-refractivity contribution in [3.63, 3.8) is 0 Å². The first kappa shape index (κ1) is 35.0. The standard InChI is InChI=1S/C30H35Cl2N3O8/c1-3-19-40-27(36)14-13-26(28(37)41-20-4-2)34-29(38)33-23-7-5-22(6-8-23)21-42-30(39)43-25-11-9-24(10-12-25)35(17-15-31)18-16-32/h3-12,26H,1-2,13-21H2,(H2,33,34,38)/t26-/m0/s1. The predicted molar refractivity (Wildman–Crippen MR) is 165 cm³/mol. The van der Waals surface area contributed by atoms with Crippen LogP contribution in [-0.2, 0) is 30.4 Å². The average molecular weight is 637 g/mol. The summed E-state index contributed by atoms with van der Waals surface area (Å²) in [6, 6.07) is 11.6. The number of hydrogen-bond donors (Lipinski definition) is 2. The fourth-order valence-corrected chi connectivity index (χ4v) is 3.96. The van der Waals surface area contributed by atoms with E-state index in [4.69, 9.17) is 42.1 Å². The number of esters is 2. The van der Waals surface area contributed by atoms with Crippen LogP contribution in [0.4, 0.5) is 21.0 Å². The smallest absolute Gasteiger partial charge is 0.461 e. The lowest BCUT2D eigenvalue weighted by Crippen LogP contribution is -2.44. The number of carbonyl (C=O) groups excluding carboxylic acids is 4. The van der Waals surface area contributed by atoms with Gasteiger partial charge in [0.15, 0.2) is 0 Å². The second kappa shape index (κ2) is 19.8. The summed E-state index contributed by atoms with van der Waals surface area (Å²) in [5, 5.41) is 5.10. The number of nitrogens with zero attached hydrogens (tertiary/aromatic N) is 1. The number of ether oxygens (including phenoxy) is 4. The van der Waals surface area contributed by atoms with Gasteiger partial charge in [-0.15, -0.1) is 23.2 Å². The lowest BCUT2D eigenvalue weighted by Gasteiger charge is -2.22. The van der Waals surface area contributed by atoms with E-state index in [1.54, 1.807) is 48.5 Å². The van der Waals surface area contributed by atoms with Gasteiger partial charge in [0.1, 0.15) is 31.6 Å². The van der Waals surface area contributed by atoms with Crippen LogP contribution in [0.2, 0.25) is 0 Å². The van der Waals surface area contributed by atoms with Crippen LogP contribution in [0.3, 0.4) is 0 Å². The molecule has 2 rings (SSSR count). The number of alkyl halides is 2. The number of carbonyl (C=O) groups is 4. The highest BCUT2D eigenvalue weighted by atomic mass is 35.5. The molecule has 2 aromatic carbocycles. The van der Waals surface area contributed by atoms with Crippen molar-refractivity contribution in [2.45, 2.75) is 25.5 Å². The van der Waals surface area contributed by atoms with Gasteiger partial charge in [0, 0.05) is 42.6 Å². The van der Waals surface area contributed by atoms with Gasteiger partial charge < -0.3 is 34.5 Å². The molecule has 43 heavy (non-hydrogen) atoms. The summed E-state index contributed by atoms with van der Waals surface area (Å²) in [6.07, 6.45) is 1.78. The molecule has 232 valence electrons. The summed E-state index contributed by atoms with van der Waals surface area (Å²) in [5.41, 5.74) is 1.95. The average Bonchev–Trinajstić information content (AvgIpc) is 3.00. The van der Waals surface area contributed by atoms with Gasteiger partial charge >= 0.3 is 24.1 Å². The van der Waals surface area contributed by atoms with Gasteiger partial charge in [0.05, 0.1) is 0 Å². The lowest BCUT2D eigenvalue weighted by atomic mass is 10.1. The van der Waals surface area contributed by atoms with E-state index in [1.165, 1.54) is 12.2 Å². The summed E-state index contributed by atoms with van der Waals surface area (Å²) in [4.78, 5) is 50.9. The molecule has 0 aliphatic rings. The van der Waals surface area contributed by atoms with Crippen LogP contribution < -0.4 is 20.3 Å². The minimum Gasteiger partial charge on any atom is -0.461 e. The summed E-state index contributed by atoms with van der Waals surface area (Å²) in [7, 11) is 0. The Morgan fingerprint density at radius 2 is 1.49 bits per heavy atom. The SMILES string of the molecule is C=CCOC(=O)CC[C@H](NC(=O)Nc1ccc(COC(=O)Oc2ccc(N(CCCl)CCCl)cc2)cc1)C(=O)OCC=C. The molecule has 2 N–H and O–H groups in total. The molecule has 0 aliphatic heterocycles. The maximum atomic E-state index is 12.5. The fraction of sp³-hybridized carbons (Fsp3) is 0.333. The highest BCUT2D eigenvalue weighted by Gasteiger charge is 2.23. The second-order valence-electron chi connectivity index (χ2n) is 8.78. The molecule has 0 unspecified atom stereocenters. The molecule has 0 fully saturated rings. The molecule has 1 atom stereocenters. The minimum atomic E-state index is -1.10. The third kappa shape index (κ3) is 13.5. The summed E-state index contributed by atoms with van der Waals surface area (Å²) in [6.45, 7) is 8.13. The zero-order valence-electron chi connectivity index (χ0n) is 23.6. The molecule has 0 aliphatic carbocycles. The molecule has 11 nitrogen and oxygen atoms in total. The van der Waals surface area contributed by atoms with Gasteiger partial charge in [-0.3, -0.25) is 4.79 Å². The maximum absolute atomic E-state index is 12.5. The lowest BCUT2D eigenvalue weighted by molar-refractivity contribution is -0.146. The third-order valence-corrected chi connectivity index (χ3v) is 5.95. The van der Waals surface area contributed by atoms with Crippen molar-refractivity contribution in [3.05, 3.63) is 79.4 Å². The molecule has 0 saturated heterocycles. The Bertz CT molecular complexity index is 1200. The quantitative estimate of drug-likeness (QED) is 0.0724. The Kier molecular flexibility index (Phi) is 16.1. The molecule has 0 spiro atoms. The number of amides is 2. The Morgan fingerprint density at radius 3 is 2.09 bits per heavy atom. The summed E-state index contributed by atoms with van der Waals surface area (Å²) in [5.74, 6) is -0.0429. The summed E-state index contributed by atoms with van der Waals surface area (Å²) < 4.78 is 20.3. The van der Waals surface area contributed by atoms with Crippen LogP contribution >= 0.6 is 23.2 Å². The molecule has 0 radical (unpaired) electrons. The number of urea groups is 1. The van der Waals surface area contributed by atoms with Crippen molar-refractivity contribution in [1.82, 2.24) is 5.32 Å². The van der Waals surface area contributed by atoms with E-state index in [0.29, 0.717) is 41.8 Å². The largest absolute Gasteiger partial charge is 0.514 e. The van der Waals surface area contributed by atoms with Gasteiger partial charge in [-0.25, -0.2) is 14.4 Å². The van der Waals surface area contributed by atoms with Crippen LogP contribution in [0.15, 0.2) is 73.8 Å². The number of rotatable bonds is 18. The zero-order valence-corrected chi connectivity index (χ0v) is 25.1. The van der Waals surface area contributed by atoms with Crippen LogP contribution in [0.1, 0.15) is 18.4 Å². The molecule has 2 aromatic rings. The monoisotopic (exact) mass is 635 g/mol. The topological polar surface area (TPSA) is 132 Å². The van der Waals surface area contributed by atoms with Crippen molar-refractivity contribution in [3.8, 4) is 5.75 Å². The molecule has 0 saturated carbocycles. The van der Waals surface area contributed by atoms with Crippen LogP contribution in [0.25, 0.3) is 0 Å². The van der Waals surface area contributed by atoms with Crippen LogP contribution in [0.5, 0.6) is 5.75 Å². The maximum Gasteiger partial charge on any atom is 0.514 e. The molecular formula is C30H35Cl2N3O8. The van der Waals surface area contributed by atoms with Gasteiger partial charge in [-0.1, -0.05) is 37.4 Å². The second-order valence-corrected chi connectivity index (χ2v) is 9.53. The number of benzene rings is 2. The molecule has 2 amide bonds. The molecule has 13 heteroatoms. The van der Waals surface area contributed by atoms with E-state index >= 15 is 0 Å². The van der Waals surface area contributed by atoms with Crippen LogP contribution in [-0.4, -0.2) is 68.2 Å². The van der Waals surface area contributed by atoms with E-state index in [0.717, 1.165) is 5.69 Å². The normalized spacial score (nSPS) is 10.9. The Balaban J connectivity index is 1.85. The Labute approximate surface area is 260 Å². The van der Waals surface area contributed by atoms with Crippen molar-refractivity contribution in [1.29, 1.82) is 0 Å². The van der Waals surface area contributed by atoms with Gasteiger partial charge in [-0.2, -0.15) is 0 Å². The minimum absolute atomic E-state index is 0.0313. The molecule has 0 aromatic heterocycles. The first-order chi connectivity index (χ1) is 20.8. The summed E-state index contributed by atoms with van der Waals surface area (Å²) >= 11 is 11.7. The Hall–Kier alpha value is -4.22. The van der Waals surface area contributed by atoms with Gasteiger partial charge in [-0.05, 0) is 48.4 Å². The number of halogens is 2. The van der Waals surface area contributed by atoms with Crippen LogP contribution in [0, 0.1) is 0 Å². The molecule has 0 bridgehead atoms. The zero-order chi connectivity index (χ0) is 31.5. The highest BCUT2D eigenvalue weighted by molar-refractivity contribution is 6.18. The molecular weight excluding hydrogens is 601 g/mol. The number of hydrogen-bond acceptors (Lipinski definition) is 9. The van der Waals surface area contributed by atoms with Crippen molar-refractivity contribution in [2.75, 3.05) is 48.3 Å². The predicted octanol–water partition coefficient (Wildman–Crippen LogP) is 5.41. The molecule has 0 heterocycles. The van der Waals surface area contributed by atoms with E-state index in [2.05, 4.69) is 23.8 Å². The van der Waals surface area contributed by atoms with Gasteiger partial charge in [0.25, 0.3) is 0 Å². The third-order valence-electron chi connectivity index (χ3n) is 5.61. The fourth-order valence-electron chi connectivity index (χ4n) is 3.55. The van der Waals surface area contributed by atoms with Crippen molar-refractivity contribution >= 4 is 58.7 Å². The highest BCUT2D eigenvalue weighted by Crippen LogP contribution is 2.20. The number of nitrogens with one attached hydrogen (secondary N) is 2.